The Bertz CT molecular complexity index is 658. The van der Waals surface area contributed by atoms with Gasteiger partial charge < -0.3 is 20.3 Å². The summed E-state index contributed by atoms with van der Waals surface area (Å²) in [4.78, 5) is 27.6. The van der Waals surface area contributed by atoms with Crippen molar-refractivity contribution in [3.05, 3.63) is 29.8 Å². The Hall–Kier alpha value is -2.08. The van der Waals surface area contributed by atoms with Gasteiger partial charge in [-0.25, -0.2) is 0 Å². The van der Waals surface area contributed by atoms with Gasteiger partial charge in [0, 0.05) is 31.1 Å². The summed E-state index contributed by atoms with van der Waals surface area (Å²) >= 11 is 0. The van der Waals surface area contributed by atoms with Gasteiger partial charge in [0.1, 0.15) is 11.8 Å². The number of rotatable bonds is 5. The standard InChI is InChI=1S/C21H31N3O3/c1-15(23-20(25)16-8-4-3-5-9-16)21(26)24-13-12-22-14-18(24)17-10-6-7-11-19(17)27-2/h6-7,10-11,15-16,18,22H,3-5,8-9,12-14H2,1-2H3,(H,23,25)/t15-,18?/m0/s1. The van der Waals surface area contributed by atoms with Crippen molar-refractivity contribution in [1.29, 1.82) is 0 Å². The van der Waals surface area contributed by atoms with Crippen LogP contribution in [0.5, 0.6) is 5.75 Å². The lowest BCUT2D eigenvalue weighted by atomic mass is 9.88. The number of carbonyl (C=O) groups is 2. The fraction of sp³-hybridized carbons (Fsp3) is 0.619. The van der Waals surface area contributed by atoms with Gasteiger partial charge in [-0.15, -0.1) is 0 Å². The average molecular weight is 373 g/mol. The number of methoxy groups -OCH3 is 1. The Kier molecular flexibility index (Phi) is 6.72. The highest BCUT2D eigenvalue weighted by Gasteiger charge is 2.33. The molecule has 0 aromatic heterocycles. The first-order valence-electron chi connectivity index (χ1n) is 10.1. The zero-order chi connectivity index (χ0) is 19.2. The van der Waals surface area contributed by atoms with Gasteiger partial charge in [-0.3, -0.25) is 9.59 Å². The van der Waals surface area contributed by atoms with Crippen molar-refractivity contribution >= 4 is 11.8 Å². The molecule has 3 rings (SSSR count). The summed E-state index contributed by atoms with van der Waals surface area (Å²) < 4.78 is 5.50. The molecule has 0 radical (unpaired) electrons. The Morgan fingerprint density at radius 2 is 1.96 bits per heavy atom. The van der Waals surface area contributed by atoms with E-state index in [1.165, 1.54) is 6.42 Å². The molecule has 1 saturated heterocycles. The quantitative estimate of drug-likeness (QED) is 0.831. The summed E-state index contributed by atoms with van der Waals surface area (Å²) in [6, 6.07) is 7.19. The van der Waals surface area contributed by atoms with E-state index in [-0.39, 0.29) is 23.8 Å². The predicted molar refractivity (Wildman–Crippen MR) is 104 cm³/mol. The largest absolute Gasteiger partial charge is 0.496 e. The lowest BCUT2D eigenvalue weighted by Crippen LogP contribution is -2.55. The van der Waals surface area contributed by atoms with Crippen LogP contribution in [0.15, 0.2) is 24.3 Å². The van der Waals surface area contributed by atoms with Crippen LogP contribution < -0.4 is 15.4 Å². The van der Waals surface area contributed by atoms with E-state index in [0.717, 1.165) is 43.5 Å². The SMILES string of the molecule is COc1ccccc1C1CNCCN1C(=O)[C@H](C)NC(=O)C1CCCCC1. The molecule has 6 heteroatoms. The molecule has 1 aliphatic heterocycles. The maximum atomic E-state index is 13.1. The van der Waals surface area contributed by atoms with Gasteiger partial charge in [-0.05, 0) is 25.8 Å². The minimum atomic E-state index is -0.519. The molecule has 1 heterocycles. The third-order valence-corrected chi connectivity index (χ3v) is 5.73. The van der Waals surface area contributed by atoms with Crippen molar-refractivity contribution in [2.75, 3.05) is 26.7 Å². The average Bonchev–Trinajstić information content (AvgIpc) is 2.73. The Balaban J connectivity index is 1.70. The molecule has 1 aromatic carbocycles. The molecule has 0 spiro atoms. The van der Waals surface area contributed by atoms with Crippen LogP contribution in [-0.2, 0) is 9.59 Å². The van der Waals surface area contributed by atoms with Gasteiger partial charge in [-0.2, -0.15) is 0 Å². The number of ether oxygens (including phenoxy) is 1. The second-order valence-electron chi connectivity index (χ2n) is 7.56. The topological polar surface area (TPSA) is 70.7 Å². The van der Waals surface area contributed by atoms with Gasteiger partial charge in [0.05, 0.1) is 13.2 Å². The zero-order valence-corrected chi connectivity index (χ0v) is 16.4. The summed E-state index contributed by atoms with van der Waals surface area (Å²) in [5.41, 5.74) is 0.992. The first-order valence-corrected chi connectivity index (χ1v) is 10.1. The van der Waals surface area contributed by atoms with Gasteiger partial charge in [-0.1, -0.05) is 37.5 Å². The first-order chi connectivity index (χ1) is 13.1. The number of nitrogens with zero attached hydrogens (tertiary/aromatic N) is 1. The Morgan fingerprint density at radius 3 is 2.70 bits per heavy atom. The van der Waals surface area contributed by atoms with Crippen LogP contribution in [0.2, 0.25) is 0 Å². The van der Waals surface area contributed by atoms with Gasteiger partial charge in [0.2, 0.25) is 11.8 Å². The van der Waals surface area contributed by atoms with Crippen LogP contribution in [0.3, 0.4) is 0 Å². The van der Waals surface area contributed by atoms with Crippen LogP contribution in [0.1, 0.15) is 50.6 Å². The number of hydrogen-bond acceptors (Lipinski definition) is 4. The third kappa shape index (κ3) is 4.61. The predicted octanol–water partition coefficient (Wildman–Crippen LogP) is 2.25. The second kappa shape index (κ2) is 9.22. The fourth-order valence-corrected chi connectivity index (χ4v) is 4.19. The van der Waals surface area contributed by atoms with E-state index in [0.29, 0.717) is 13.1 Å². The van der Waals surface area contributed by atoms with Crippen LogP contribution >= 0.6 is 0 Å². The highest BCUT2D eigenvalue weighted by Crippen LogP contribution is 2.30. The fourth-order valence-electron chi connectivity index (χ4n) is 4.19. The number of piperazine rings is 1. The molecule has 1 unspecified atom stereocenters. The minimum Gasteiger partial charge on any atom is -0.496 e. The van der Waals surface area contributed by atoms with Crippen LogP contribution in [-0.4, -0.2) is 49.5 Å². The highest BCUT2D eigenvalue weighted by atomic mass is 16.5. The van der Waals surface area contributed by atoms with Crippen molar-refractivity contribution < 1.29 is 14.3 Å². The molecule has 2 fully saturated rings. The summed E-state index contributed by atoms with van der Waals surface area (Å²) in [5, 5.41) is 6.33. The third-order valence-electron chi connectivity index (χ3n) is 5.73. The van der Waals surface area contributed by atoms with E-state index in [1.54, 1.807) is 14.0 Å². The summed E-state index contributed by atoms with van der Waals surface area (Å²) in [7, 11) is 1.65. The summed E-state index contributed by atoms with van der Waals surface area (Å²) in [6.45, 7) is 3.84. The smallest absolute Gasteiger partial charge is 0.245 e. The zero-order valence-electron chi connectivity index (χ0n) is 16.4. The molecule has 1 saturated carbocycles. The number of benzene rings is 1. The van der Waals surface area contributed by atoms with Crippen molar-refractivity contribution in [3.63, 3.8) is 0 Å². The molecule has 2 N–H and O–H groups in total. The van der Waals surface area contributed by atoms with E-state index in [2.05, 4.69) is 10.6 Å². The first kappa shape index (κ1) is 19.7. The lowest BCUT2D eigenvalue weighted by molar-refractivity contribution is -0.139. The number of hydrogen-bond donors (Lipinski definition) is 2. The van der Waals surface area contributed by atoms with E-state index < -0.39 is 6.04 Å². The molecule has 2 aliphatic rings. The van der Waals surface area contributed by atoms with Gasteiger partial charge >= 0.3 is 0 Å². The van der Waals surface area contributed by atoms with Crippen LogP contribution in [0.4, 0.5) is 0 Å². The molecular weight excluding hydrogens is 342 g/mol. The summed E-state index contributed by atoms with van der Waals surface area (Å²) in [5.74, 6) is 0.834. The molecule has 0 bridgehead atoms. The Morgan fingerprint density at radius 1 is 1.22 bits per heavy atom. The molecule has 6 nitrogen and oxygen atoms in total. The van der Waals surface area contributed by atoms with Crippen molar-refractivity contribution in [2.45, 2.75) is 51.1 Å². The van der Waals surface area contributed by atoms with Crippen molar-refractivity contribution in [1.82, 2.24) is 15.5 Å². The minimum absolute atomic E-state index is 0.0273. The molecule has 1 aromatic rings. The molecule has 2 amide bonds. The van der Waals surface area contributed by atoms with Crippen molar-refractivity contribution in [2.24, 2.45) is 5.92 Å². The monoisotopic (exact) mass is 373 g/mol. The van der Waals surface area contributed by atoms with E-state index in [4.69, 9.17) is 4.74 Å². The number of para-hydroxylation sites is 1. The van der Waals surface area contributed by atoms with Gasteiger partial charge in [0.15, 0.2) is 0 Å². The van der Waals surface area contributed by atoms with Crippen LogP contribution in [0.25, 0.3) is 0 Å². The summed E-state index contributed by atoms with van der Waals surface area (Å²) in [6.07, 6.45) is 5.29. The molecule has 1 aliphatic carbocycles. The van der Waals surface area contributed by atoms with Crippen molar-refractivity contribution in [3.8, 4) is 5.75 Å². The van der Waals surface area contributed by atoms with Gasteiger partial charge in [0.25, 0.3) is 0 Å². The van der Waals surface area contributed by atoms with E-state index >= 15 is 0 Å². The molecule has 148 valence electrons. The van der Waals surface area contributed by atoms with E-state index in [9.17, 15) is 9.59 Å². The normalized spacial score (nSPS) is 22.1. The number of amides is 2. The maximum absolute atomic E-state index is 13.1. The lowest BCUT2D eigenvalue weighted by Gasteiger charge is -2.38. The van der Waals surface area contributed by atoms with Crippen LogP contribution in [0, 0.1) is 5.92 Å². The number of carbonyl (C=O) groups excluding carboxylic acids is 2. The van der Waals surface area contributed by atoms with E-state index in [1.807, 2.05) is 29.2 Å². The highest BCUT2D eigenvalue weighted by molar-refractivity contribution is 5.88. The Labute approximate surface area is 161 Å². The molecular formula is C21H31N3O3. The molecule has 2 atom stereocenters. The molecule has 27 heavy (non-hydrogen) atoms. The second-order valence-corrected chi connectivity index (χ2v) is 7.56. The number of nitrogens with one attached hydrogen (secondary N) is 2. The maximum Gasteiger partial charge on any atom is 0.245 e.